The molecule has 5 nitrogen and oxygen atoms in total. The van der Waals surface area contributed by atoms with E-state index < -0.39 is 0 Å². The Morgan fingerprint density at radius 2 is 2.29 bits per heavy atom. The molecule has 0 aliphatic carbocycles. The van der Waals surface area contributed by atoms with Crippen LogP contribution < -0.4 is 16.0 Å². The van der Waals surface area contributed by atoms with E-state index in [1.165, 1.54) is 0 Å². The molecule has 2 rings (SSSR count). The minimum atomic E-state index is -0.297. The first-order valence-corrected chi connectivity index (χ1v) is 7.80. The van der Waals surface area contributed by atoms with Gasteiger partial charge < -0.3 is 4.74 Å². The molecule has 1 aromatic heterocycles. The first-order chi connectivity index (χ1) is 10.1. The van der Waals surface area contributed by atoms with E-state index in [9.17, 15) is 0 Å². The van der Waals surface area contributed by atoms with Crippen LogP contribution in [0.15, 0.2) is 28.9 Å². The molecule has 0 amide bonds. The average molecular weight is 374 g/mol. The Kier molecular flexibility index (Phi) is 5.64. The number of hydrogen-bond acceptors (Lipinski definition) is 4. The van der Waals surface area contributed by atoms with Crippen LogP contribution in [-0.2, 0) is 6.54 Å². The first kappa shape index (κ1) is 16.3. The smallest absolute Gasteiger partial charge is 0.125 e. The predicted octanol–water partition coefficient (Wildman–Crippen LogP) is 3.27. The normalized spacial score (nSPS) is 12.4. The quantitative estimate of drug-likeness (QED) is 0.602. The Hall–Kier alpha value is -1.08. The van der Waals surface area contributed by atoms with Gasteiger partial charge >= 0.3 is 0 Å². The van der Waals surface area contributed by atoms with E-state index in [1.54, 1.807) is 13.3 Å². The Bertz CT molecular complexity index is 617. The van der Waals surface area contributed by atoms with Gasteiger partial charge in [0, 0.05) is 16.6 Å². The summed E-state index contributed by atoms with van der Waals surface area (Å²) in [6.07, 6.45) is 2.60. The fourth-order valence-corrected chi connectivity index (χ4v) is 2.88. The molecule has 7 heteroatoms. The summed E-state index contributed by atoms with van der Waals surface area (Å²) in [5.74, 6) is 6.50. The highest BCUT2D eigenvalue weighted by Crippen LogP contribution is 2.34. The van der Waals surface area contributed by atoms with Gasteiger partial charge in [-0.15, -0.1) is 0 Å². The minimum absolute atomic E-state index is 0.297. The van der Waals surface area contributed by atoms with Crippen LogP contribution in [0.5, 0.6) is 5.75 Å². The second-order valence-corrected chi connectivity index (χ2v) is 5.91. The van der Waals surface area contributed by atoms with E-state index in [2.05, 4.69) is 33.4 Å². The van der Waals surface area contributed by atoms with Crippen LogP contribution in [0.1, 0.15) is 30.6 Å². The van der Waals surface area contributed by atoms with E-state index in [0.29, 0.717) is 5.02 Å². The lowest BCUT2D eigenvalue weighted by molar-refractivity contribution is 0.401. The van der Waals surface area contributed by atoms with Gasteiger partial charge in [0.2, 0.25) is 0 Å². The Balaban J connectivity index is 2.52. The maximum absolute atomic E-state index is 6.30. The molecule has 1 heterocycles. The number of benzene rings is 1. The van der Waals surface area contributed by atoms with Crippen molar-refractivity contribution < 1.29 is 4.74 Å². The number of ether oxygens (including phenoxy) is 1. The predicted molar refractivity (Wildman–Crippen MR) is 87.4 cm³/mol. The third-order valence-corrected chi connectivity index (χ3v) is 4.00. The molecule has 0 bridgehead atoms. The summed E-state index contributed by atoms with van der Waals surface area (Å²) in [4.78, 5) is 0. The number of hydrogen-bond donors (Lipinski definition) is 2. The molecule has 0 radical (unpaired) electrons. The van der Waals surface area contributed by atoms with Crippen LogP contribution in [0.2, 0.25) is 5.02 Å². The SMILES string of the molecule is CCCn1ncc(Cl)c1C(NN)c1ccc(Br)cc1OC. The Labute approximate surface area is 137 Å². The molecule has 0 fully saturated rings. The monoisotopic (exact) mass is 372 g/mol. The average Bonchev–Trinajstić information content (AvgIpc) is 2.83. The summed E-state index contributed by atoms with van der Waals surface area (Å²) in [7, 11) is 1.63. The summed E-state index contributed by atoms with van der Waals surface area (Å²) in [5, 5.41) is 4.89. The second kappa shape index (κ2) is 7.26. The van der Waals surface area contributed by atoms with Gasteiger partial charge in [0.1, 0.15) is 5.75 Å². The molecule has 0 saturated carbocycles. The van der Waals surface area contributed by atoms with Gasteiger partial charge in [0.05, 0.1) is 30.1 Å². The Morgan fingerprint density at radius 1 is 1.52 bits per heavy atom. The molecule has 1 atom stereocenters. The summed E-state index contributed by atoms with van der Waals surface area (Å²) in [6.45, 7) is 2.86. The lowest BCUT2D eigenvalue weighted by Crippen LogP contribution is -2.31. The van der Waals surface area contributed by atoms with E-state index in [-0.39, 0.29) is 6.04 Å². The van der Waals surface area contributed by atoms with Crippen molar-refractivity contribution in [1.82, 2.24) is 15.2 Å². The van der Waals surface area contributed by atoms with Gasteiger partial charge in [-0.3, -0.25) is 10.5 Å². The van der Waals surface area contributed by atoms with Crippen molar-refractivity contribution in [1.29, 1.82) is 0 Å². The number of aromatic nitrogens is 2. The van der Waals surface area contributed by atoms with Crippen LogP contribution in [0.4, 0.5) is 0 Å². The number of halogens is 2. The number of aryl methyl sites for hydroxylation is 1. The van der Waals surface area contributed by atoms with Crippen LogP contribution >= 0.6 is 27.5 Å². The zero-order valence-electron chi connectivity index (χ0n) is 11.9. The number of methoxy groups -OCH3 is 1. The topological polar surface area (TPSA) is 65.1 Å². The molecule has 0 saturated heterocycles. The highest BCUT2D eigenvalue weighted by atomic mass is 79.9. The summed E-state index contributed by atoms with van der Waals surface area (Å²) >= 11 is 9.74. The molecule has 0 spiro atoms. The first-order valence-electron chi connectivity index (χ1n) is 6.63. The number of hydrazine groups is 1. The van der Waals surface area contributed by atoms with E-state index in [1.807, 2.05) is 22.9 Å². The van der Waals surface area contributed by atoms with Crippen molar-refractivity contribution in [2.75, 3.05) is 7.11 Å². The zero-order valence-corrected chi connectivity index (χ0v) is 14.3. The van der Waals surface area contributed by atoms with E-state index >= 15 is 0 Å². The molecular weight excluding hydrogens is 356 g/mol. The van der Waals surface area contributed by atoms with E-state index in [0.717, 1.165) is 34.4 Å². The van der Waals surface area contributed by atoms with Crippen molar-refractivity contribution in [3.63, 3.8) is 0 Å². The van der Waals surface area contributed by atoms with Gasteiger partial charge in [-0.2, -0.15) is 5.10 Å². The fraction of sp³-hybridized carbons (Fsp3) is 0.357. The number of nitrogens with two attached hydrogens (primary N) is 1. The number of nitrogens with one attached hydrogen (secondary N) is 1. The molecule has 0 aliphatic heterocycles. The lowest BCUT2D eigenvalue weighted by atomic mass is 10.0. The zero-order chi connectivity index (χ0) is 15.4. The molecule has 21 heavy (non-hydrogen) atoms. The third kappa shape index (κ3) is 3.40. The molecular formula is C14H18BrClN4O. The number of rotatable bonds is 6. The van der Waals surface area contributed by atoms with Crippen LogP contribution in [-0.4, -0.2) is 16.9 Å². The summed E-state index contributed by atoms with van der Waals surface area (Å²) in [6, 6.07) is 5.49. The molecule has 0 aliphatic rings. The van der Waals surface area contributed by atoms with Gasteiger partial charge in [-0.25, -0.2) is 5.43 Å². The van der Waals surface area contributed by atoms with Crippen LogP contribution in [0.25, 0.3) is 0 Å². The molecule has 2 aromatic rings. The highest BCUT2D eigenvalue weighted by molar-refractivity contribution is 9.10. The largest absolute Gasteiger partial charge is 0.496 e. The third-order valence-electron chi connectivity index (χ3n) is 3.22. The van der Waals surface area contributed by atoms with Gasteiger partial charge in [0.25, 0.3) is 0 Å². The number of nitrogens with zero attached hydrogens (tertiary/aromatic N) is 2. The van der Waals surface area contributed by atoms with Crippen molar-refractivity contribution in [3.8, 4) is 5.75 Å². The highest BCUT2D eigenvalue weighted by Gasteiger charge is 2.24. The molecule has 1 aromatic carbocycles. The van der Waals surface area contributed by atoms with Gasteiger partial charge in [0.15, 0.2) is 0 Å². The maximum Gasteiger partial charge on any atom is 0.125 e. The van der Waals surface area contributed by atoms with Gasteiger partial charge in [-0.05, 0) is 18.6 Å². The minimum Gasteiger partial charge on any atom is -0.496 e. The summed E-state index contributed by atoms with van der Waals surface area (Å²) in [5.41, 5.74) is 4.55. The molecule has 3 N–H and O–H groups in total. The molecule has 1 unspecified atom stereocenters. The maximum atomic E-state index is 6.30. The standard InChI is InChI=1S/C14H18BrClN4O/c1-3-6-20-14(11(16)8-18-20)13(19-17)10-5-4-9(15)7-12(10)21-2/h4-5,7-8,13,19H,3,6,17H2,1-2H3. The second-order valence-electron chi connectivity index (χ2n) is 4.59. The van der Waals surface area contributed by atoms with Crippen LogP contribution in [0, 0.1) is 0 Å². The van der Waals surface area contributed by atoms with E-state index in [4.69, 9.17) is 22.2 Å². The fourth-order valence-electron chi connectivity index (χ4n) is 2.29. The van der Waals surface area contributed by atoms with Crippen molar-refractivity contribution in [2.24, 2.45) is 5.84 Å². The van der Waals surface area contributed by atoms with Crippen molar-refractivity contribution >= 4 is 27.5 Å². The summed E-state index contributed by atoms with van der Waals surface area (Å²) < 4.78 is 8.25. The lowest BCUT2D eigenvalue weighted by Gasteiger charge is -2.21. The van der Waals surface area contributed by atoms with Crippen LogP contribution in [0.3, 0.4) is 0 Å². The Morgan fingerprint density at radius 3 is 2.90 bits per heavy atom. The van der Waals surface area contributed by atoms with Crippen molar-refractivity contribution in [3.05, 3.63) is 45.1 Å². The van der Waals surface area contributed by atoms with Crippen molar-refractivity contribution in [2.45, 2.75) is 25.9 Å². The molecule has 114 valence electrons. The van der Waals surface area contributed by atoms with Gasteiger partial charge in [-0.1, -0.05) is 40.5 Å².